The predicted octanol–water partition coefficient (Wildman–Crippen LogP) is 0.563. The molecule has 3 rings (SSSR count). The number of rotatable bonds is 5. The maximum atomic E-state index is 12.3. The molecule has 1 saturated heterocycles. The molecule has 118 valence electrons. The van der Waals surface area contributed by atoms with Crippen molar-refractivity contribution in [2.45, 2.75) is 13.0 Å². The van der Waals surface area contributed by atoms with Crippen LogP contribution in [0.5, 0.6) is 0 Å². The van der Waals surface area contributed by atoms with Gasteiger partial charge in [-0.05, 0) is 12.1 Å². The molecule has 6 nitrogen and oxygen atoms in total. The van der Waals surface area contributed by atoms with E-state index in [-0.39, 0.29) is 12.5 Å². The number of benzene rings is 1. The molecule has 1 amide bonds. The maximum Gasteiger partial charge on any atom is 0.224 e. The molecule has 0 atom stereocenters. The molecule has 0 unspecified atom stereocenters. The van der Waals surface area contributed by atoms with Gasteiger partial charge in [-0.15, -0.1) is 0 Å². The van der Waals surface area contributed by atoms with E-state index < -0.39 is 0 Å². The number of para-hydroxylation sites is 2. The van der Waals surface area contributed by atoms with E-state index in [4.69, 9.17) is 5.11 Å². The first kappa shape index (κ1) is 15.0. The van der Waals surface area contributed by atoms with Crippen LogP contribution in [-0.4, -0.2) is 69.7 Å². The number of aliphatic hydroxyl groups is 1. The third kappa shape index (κ3) is 3.28. The van der Waals surface area contributed by atoms with E-state index in [1.807, 2.05) is 33.7 Å². The maximum absolute atomic E-state index is 12.3. The molecule has 0 saturated carbocycles. The third-order valence-electron chi connectivity index (χ3n) is 4.24. The summed E-state index contributed by atoms with van der Waals surface area (Å²) in [5, 5.41) is 8.94. The Morgan fingerprint density at radius 2 is 1.91 bits per heavy atom. The largest absolute Gasteiger partial charge is 0.395 e. The zero-order valence-electron chi connectivity index (χ0n) is 12.7. The number of aromatic nitrogens is 2. The Morgan fingerprint density at radius 1 is 1.14 bits per heavy atom. The number of aliphatic hydroxyl groups excluding tert-OH is 1. The first-order chi connectivity index (χ1) is 10.8. The minimum Gasteiger partial charge on any atom is -0.395 e. The van der Waals surface area contributed by atoms with E-state index >= 15 is 0 Å². The van der Waals surface area contributed by atoms with Crippen molar-refractivity contribution in [1.82, 2.24) is 19.4 Å². The van der Waals surface area contributed by atoms with E-state index in [1.54, 1.807) is 6.33 Å². The van der Waals surface area contributed by atoms with Gasteiger partial charge in [-0.3, -0.25) is 9.69 Å². The summed E-state index contributed by atoms with van der Waals surface area (Å²) in [4.78, 5) is 20.8. The van der Waals surface area contributed by atoms with Crippen molar-refractivity contribution >= 4 is 16.9 Å². The number of amides is 1. The van der Waals surface area contributed by atoms with Crippen molar-refractivity contribution in [3.05, 3.63) is 30.6 Å². The molecule has 0 bridgehead atoms. The fourth-order valence-corrected chi connectivity index (χ4v) is 2.92. The SMILES string of the molecule is O=C(CCn1cnc2ccccc21)N1CCN(CCO)CC1. The molecule has 2 heterocycles. The quantitative estimate of drug-likeness (QED) is 0.877. The number of carbonyl (C=O) groups excluding carboxylic acids is 1. The number of piperazine rings is 1. The molecule has 0 radical (unpaired) electrons. The number of carbonyl (C=O) groups is 1. The summed E-state index contributed by atoms with van der Waals surface area (Å²) in [6.45, 7) is 4.74. The molecule has 1 aromatic carbocycles. The highest BCUT2D eigenvalue weighted by molar-refractivity contribution is 5.77. The summed E-state index contributed by atoms with van der Waals surface area (Å²) in [7, 11) is 0. The number of nitrogens with zero attached hydrogens (tertiary/aromatic N) is 4. The van der Waals surface area contributed by atoms with Gasteiger partial charge in [-0.1, -0.05) is 12.1 Å². The molecule has 0 spiro atoms. The number of hydrogen-bond donors (Lipinski definition) is 1. The second kappa shape index (κ2) is 6.89. The van der Waals surface area contributed by atoms with Crippen molar-refractivity contribution in [1.29, 1.82) is 0 Å². The summed E-state index contributed by atoms with van der Waals surface area (Å²) in [6, 6.07) is 7.97. The van der Waals surface area contributed by atoms with E-state index in [9.17, 15) is 4.79 Å². The Balaban J connectivity index is 1.52. The lowest BCUT2D eigenvalue weighted by atomic mass is 10.2. The highest BCUT2D eigenvalue weighted by atomic mass is 16.3. The smallest absolute Gasteiger partial charge is 0.224 e. The molecule has 1 aromatic heterocycles. The topological polar surface area (TPSA) is 61.6 Å². The molecule has 6 heteroatoms. The van der Waals surface area contributed by atoms with Crippen molar-refractivity contribution < 1.29 is 9.90 Å². The molecule has 1 aliphatic heterocycles. The number of β-amino-alcohol motifs (C(OH)–C–C–N with tert-alkyl or cyclic N) is 1. The van der Waals surface area contributed by atoms with Crippen LogP contribution in [0.3, 0.4) is 0 Å². The van der Waals surface area contributed by atoms with Crippen LogP contribution >= 0.6 is 0 Å². The average molecular weight is 302 g/mol. The summed E-state index contributed by atoms with van der Waals surface area (Å²) >= 11 is 0. The van der Waals surface area contributed by atoms with Gasteiger partial charge in [0.05, 0.1) is 24.0 Å². The van der Waals surface area contributed by atoms with Crippen LogP contribution in [-0.2, 0) is 11.3 Å². The van der Waals surface area contributed by atoms with Gasteiger partial charge in [0, 0.05) is 45.7 Å². The van der Waals surface area contributed by atoms with Crippen molar-refractivity contribution in [2.75, 3.05) is 39.3 Å². The van der Waals surface area contributed by atoms with Gasteiger partial charge < -0.3 is 14.6 Å². The van der Waals surface area contributed by atoms with E-state index in [0.29, 0.717) is 19.5 Å². The number of hydrogen-bond acceptors (Lipinski definition) is 4. The number of imidazole rings is 1. The monoisotopic (exact) mass is 302 g/mol. The predicted molar refractivity (Wildman–Crippen MR) is 84.5 cm³/mol. The van der Waals surface area contributed by atoms with Crippen molar-refractivity contribution in [3.63, 3.8) is 0 Å². The fourth-order valence-electron chi connectivity index (χ4n) is 2.92. The van der Waals surface area contributed by atoms with Gasteiger partial charge in [-0.2, -0.15) is 0 Å². The van der Waals surface area contributed by atoms with Crippen LogP contribution in [0.15, 0.2) is 30.6 Å². The van der Waals surface area contributed by atoms with Gasteiger partial charge in [-0.25, -0.2) is 4.98 Å². The summed E-state index contributed by atoms with van der Waals surface area (Å²) in [6.07, 6.45) is 2.30. The van der Waals surface area contributed by atoms with Crippen LogP contribution < -0.4 is 0 Å². The van der Waals surface area contributed by atoms with Crippen LogP contribution in [0.4, 0.5) is 0 Å². The molecular weight excluding hydrogens is 280 g/mol. The first-order valence-electron chi connectivity index (χ1n) is 7.79. The zero-order chi connectivity index (χ0) is 15.4. The van der Waals surface area contributed by atoms with Crippen molar-refractivity contribution in [3.8, 4) is 0 Å². The molecule has 1 N–H and O–H groups in total. The molecule has 1 fully saturated rings. The van der Waals surface area contributed by atoms with E-state index in [2.05, 4.69) is 9.88 Å². The highest BCUT2D eigenvalue weighted by Crippen LogP contribution is 2.13. The lowest BCUT2D eigenvalue weighted by molar-refractivity contribution is -0.133. The molecule has 1 aliphatic rings. The number of fused-ring (bicyclic) bond motifs is 1. The van der Waals surface area contributed by atoms with Crippen LogP contribution in [0.25, 0.3) is 11.0 Å². The van der Waals surface area contributed by atoms with E-state index in [1.165, 1.54) is 0 Å². The Bertz CT molecular complexity index is 632. The Morgan fingerprint density at radius 3 is 2.68 bits per heavy atom. The molecule has 2 aromatic rings. The Kier molecular flexibility index (Phi) is 4.70. The Labute approximate surface area is 130 Å². The summed E-state index contributed by atoms with van der Waals surface area (Å²) in [5.74, 6) is 0.196. The van der Waals surface area contributed by atoms with Gasteiger partial charge in [0.25, 0.3) is 0 Å². The zero-order valence-corrected chi connectivity index (χ0v) is 12.7. The Hall–Kier alpha value is -1.92. The van der Waals surface area contributed by atoms with Crippen molar-refractivity contribution in [2.24, 2.45) is 0 Å². The lowest BCUT2D eigenvalue weighted by Gasteiger charge is -2.34. The van der Waals surface area contributed by atoms with E-state index in [0.717, 1.165) is 37.2 Å². The second-order valence-electron chi connectivity index (χ2n) is 5.62. The first-order valence-corrected chi connectivity index (χ1v) is 7.79. The molecule has 0 aliphatic carbocycles. The minimum atomic E-state index is 0.182. The normalized spacial score (nSPS) is 16.3. The van der Waals surface area contributed by atoms with Crippen LogP contribution in [0.1, 0.15) is 6.42 Å². The third-order valence-corrected chi connectivity index (χ3v) is 4.24. The van der Waals surface area contributed by atoms with Gasteiger partial charge >= 0.3 is 0 Å². The summed E-state index contributed by atoms with van der Waals surface area (Å²) in [5.41, 5.74) is 2.04. The standard InChI is InChI=1S/C16H22N4O2/c21-12-11-18-7-9-19(10-8-18)16(22)5-6-20-13-17-14-3-1-2-4-15(14)20/h1-4,13,21H,5-12H2. The second-order valence-corrected chi connectivity index (χ2v) is 5.62. The highest BCUT2D eigenvalue weighted by Gasteiger charge is 2.20. The van der Waals surface area contributed by atoms with Crippen LogP contribution in [0, 0.1) is 0 Å². The minimum absolute atomic E-state index is 0.182. The lowest BCUT2D eigenvalue weighted by Crippen LogP contribution is -2.49. The average Bonchev–Trinajstić information content (AvgIpc) is 2.97. The fraction of sp³-hybridized carbons (Fsp3) is 0.500. The number of aryl methyl sites for hydroxylation is 1. The molecule has 22 heavy (non-hydrogen) atoms. The van der Waals surface area contributed by atoms with Gasteiger partial charge in [0.2, 0.25) is 5.91 Å². The summed E-state index contributed by atoms with van der Waals surface area (Å²) < 4.78 is 2.04. The van der Waals surface area contributed by atoms with Gasteiger partial charge in [0.1, 0.15) is 0 Å². The van der Waals surface area contributed by atoms with Crippen LogP contribution in [0.2, 0.25) is 0 Å². The van der Waals surface area contributed by atoms with Gasteiger partial charge in [0.15, 0.2) is 0 Å². The molecular formula is C16H22N4O2.